The number of ketones is 1. The monoisotopic (exact) mass is 342 g/mol. The lowest BCUT2D eigenvalue weighted by Crippen LogP contribution is -2.52. The minimum Gasteiger partial charge on any atom is -0.330 e. The number of benzene rings is 2. The van der Waals surface area contributed by atoms with E-state index in [0.717, 1.165) is 10.5 Å². The molecular weight excluding hydrogens is 328 g/mol. The highest BCUT2D eigenvalue weighted by atomic mass is 35.5. The van der Waals surface area contributed by atoms with E-state index >= 15 is 0 Å². The van der Waals surface area contributed by atoms with Gasteiger partial charge in [0.25, 0.3) is 0 Å². The van der Waals surface area contributed by atoms with E-state index in [0.29, 0.717) is 10.6 Å². The van der Waals surface area contributed by atoms with Crippen LogP contribution in [0.4, 0.5) is 4.79 Å². The van der Waals surface area contributed by atoms with E-state index in [2.05, 4.69) is 5.32 Å². The Labute approximate surface area is 144 Å². The summed E-state index contributed by atoms with van der Waals surface area (Å²) >= 11 is 5.85. The van der Waals surface area contributed by atoms with Gasteiger partial charge >= 0.3 is 6.03 Å². The number of amides is 3. The average Bonchev–Trinajstić information content (AvgIpc) is 2.59. The van der Waals surface area contributed by atoms with Crippen molar-refractivity contribution in [2.24, 2.45) is 0 Å². The van der Waals surface area contributed by atoms with Crippen molar-refractivity contribution in [3.63, 3.8) is 0 Å². The summed E-state index contributed by atoms with van der Waals surface area (Å²) in [6.45, 7) is -0.262. The Balaban J connectivity index is 1.70. The molecule has 6 heteroatoms. The zero-order chi connectivity index (χ0) is 17.1. The molecule has 2 aromatic carbocycles. The van der Waals surface area contributed by atoms with Crippen molar-refractivity contribution in [2.45, 2.75) is 12.5 Å². The number of carbonyl (C=O) groups is 3. The summed E-state index contributed by atoms with van der Waals surface area (Å²) in [5.41, 5.74) is 1.27. The molecule has 2 aromatic rings. The van der Waals surface area contributed by atoms with E-state index in [9.17, 15) is 14.4 Å². The number of hydrogen-bond acceptors (Lipinski definition) is 3. The van der Waals surface area contributed by atoms with E-state index in [-0.39, 0.29) is 24.7 Å². The molecule has 1 aliphatic heterocycles. The van der Waals surface area contributed by atoms with Crippen LogP contribution >= 0.6 is 11.6 Å². The van der Waals surface area contributed by atoms with Gasteiger partial charge in [-0.1, -0.05) is 54.1 Å². The first-order chi connectivity index (χ1) is 11.5. The Morgan fingerprint density at radius 2 is 1.75 bits per heavy atom. The average molecular weight is 343 g/mol. The zero-order valence-corrected chi connectivity index (χ0v) is 13.5. The first kappa shape index (κ1) is 16.2. The Bertz CT molecular complexity index is 757. The van der Waals surface area contributed by atoms with Crippen molar-refractivity contribution in [1.29, 1.82) is 0 Å². The SMILES string of the molecule is O=C(CN1C(=O)CC(c2ccc(Cl)cc2)NC1=O)c1ccccc1. The van der Waals surface area contributed by atoms with Crippen LogP contribution in [0.15, 0.2) is 54.6 Å². The van der Waals surface area contributed by atoms with Crippen LogP contribution in [0.1, 0.15) is 28.4 Å². The number of urea groups is 1. The molecule has 3 rings (SSSR count). The molecule has 0 spiro atoms. The van der Waals surface area contributed by atoms with Crippen LogP contribution in [0, 0.1) is 0 Å². The standard InChI is InChI=1S/C18H15ClN2O3/c19-14-8-6-12(7-9-14)15-10-17(23)21(18(24)20-15)11-16(22)13-4-2-1-3-5-13/h1-9,15H,10-11H2,(H,20,24). The van der Waals surface area contributed by atoms with Gasteiger partial charge in [0.05, 0.1) is 19.0 Å². The summed E-state index contributed by atoms with van der Waals surface area (Å²) in [4.78, 5) is 37.7. The van der Waals surface area contributed by atoms with E-state index < -0.39 is 12.1 Å². The van der Waals surface area contributed by atoms with Gasteiger partial charge in [-0.05, 0) is 17.7 Å². The second-order valence-electron chi connectivity index (χ2n) is 5.53. The molecule has 0 saturated carbocycles. The Hall–Kier alpha value is -2.66. The second kappa shape index (κ2) is 6.84. The Morgan fingerprint density at radius 3 is 2.38 bits per heavy atom. The van der Waals surface area contributed by atoms with Gasteiger partial charge in [-0.2, -0.15) is 0 Å². The summed E-state index contributed by atoms with van der Waals surface area (Å²) in [5, 5.41) is 3.35. The number of halogens is 1. The number of carbonyl (C=O) groups excluding carboxylic acids is 3. The van der Waals surface area contributed by atoms with Crippen LogP contribution < -0.4 is 5.32 Å². The number of Topliss-reactive ketones (excluding diaryl/α,β-unsaturated/α-hetero) is 1. The Kier molecular flexibility index (Phi) is 4.62. The van der Waals surface area contributed by atoms with Crippen LogP contribution in [0.5, 0.6) is 0 Å². The van der Waals surface area contributed by atoms with Crippen molar-refractivity contribution in [3.05, 3.63) is 70.7 Å². The predicted octanol–water partition coefficient (Wildman–Crippen LogP) is 3.21. The molecule has 1 unspecified atom stereocenters. The molecule has 24 heavy (non-hydrogen) atoms. The van der Waals surface area contributed by atoms with Crippen LogP contribution in [0.25, 0.3) is 0 Å². The van der Waals surface area contributed by atoms with Crippen LogP contribution in [0.2, 0.25) is 5.02 Å². The number of rotatable bonds is 4. The largest absolute Gasteiger partial charge is 0.330 e. The first-order valence-electron chi connectivity index (χ1n) is 7.49. The molecule has 1 aliphatic rings. The maximum absolute atomic E-state index is 12.3. The molecule has 1 saturated heterocycles. The highest BCUT2D eigenvalue weighted by Gasteiger charge is 2.33. The van der Waals surface area contributed by atoms with Crippen molar-refractivity contribution in [2.75, 3.05) is 6.54 Å². The third-order valence-corrected chi connectivity index (χ3v) is 4.14. The molecule has 3 amide bonds. The van der Waals surface area contributed by atoms with Gasteiger partial charge in [0, 0.05) is 10.6 Å². The number of hydrogen-bond donors (Lipinski definition) is 1. The van der Waals surface area contributed by atoms with E-state index in [1.54, 1.807) is 54.6 Å². The predicted molar refractivity (Wildman–Crippen MR) is 89.8 cm³/mol. The Morgan fingerprint density at radius 1 is 1.08 bits per heavy atom. The number of nitrogens with one attached hydrogen (secondary N) is 1. The van der Waals surface area contributed by atoms with Crippen molar-refractivity contribution in [3.8, 4) is 0 Å². The van der Waals surface area contributed by atoms with Gasteiger partial charge in [-0.15, -0.1) is 0 Å². The highest BCUT2D eigenvalue weighted by Crippen LogP contribution is 2.24. The van der Waals surface area contributed by atoms with Crippen molar-refractivity contribution >= 4 is 29.3 Å². The van der Waals surface area contributed by atoms with Crippen LogP contribution in [0.3, 0.4) is 0 Å². The lowest BCUT2D eigenvalue weighted by Gasteiger charge is -2.31. The first-order valence-corrected chi connectivity index (χ1v) is 7.87. The quantitative estimate of drug-likeness (QED) is 0.868. The van der Waals surface area contributed by atoms with Gasteiger partial charge in [0.2, 0.25) is 5.91 Å². The molecule has 0 bridgehead atoms. The molecule has 1 heterocycles. The summed E-state index contributed by atoms with van der Waals surface area (Å²) in [5.74, 6) is -0.646. The van der Waals surface area contributed by atoms with Crippen molar-refractivity contribution < 1.29 is 14.4 Å². The fraction of sp³-hybridized carbons (Fsp3) is 0.167. The van der Waals surface area contributed by atoms with E-state index in [1.807, 2.05) is 0 Å². The number of imide groups is 1. The summed E-state index contributed by atoms with van der Waals surface area (Å²) < 4.78 is 0. The third kappa shape index (κ3) is 3.46. The van der Waals surface area contributed by atoms with Crippen LogP contribution in [-0.4, -0.2) is 29.2 Å². The zero-order valence-electron chi connectivity index (χ0n) is 12.7. The molecule has 0 aliphatic carbocycles. The third-order valence-electron chi connectivity index (χ3n) is 3.89. The van der Waals surface area contributed by atoms with Crippen LogP contribution in [-0.2, 0) is 4.79 Å². The lowest BCUT2D eigenvalue weighted by atomic mass is 10.0. The highest BCUT2D eigenvalue weighted by molar-refractivity contribution is 6.30. The smallest absolute Gasteiger partial charge is 0.325 e. The summed E-state index contributed by atoms with van der Waals surface area (Å²) in [7, 11) is 0. The molecular formula is C18H15ClN2O3. The maximum Gasteiger partial charge on any atom is 0.325 e. The van der Waals surface area contributed by atoms with E-state index in [4.69, 9.17) is 11.6 Å². The molecule has 1 fully saturated rings. The summed E-state index contributed by atoms with van der Waals surface area (Å²) in [6.07, 6.45) is 0.107. The normalized spacial score (nSPS) is 17.5. The van der Waals surface area contributed by atoms with Gasteiger partial charge in [0.1, 0.15) is 0 Å². The number of nitrogens with zero attached hydrogens (tertiary/aromatic N) is 1. The van der Waals surface area contributed by atoms with Gasteiger partial charge in [0.15, 0.2) is 5.78 Å². The molecule has 0 aromatic heterocycles. The van der Waals surface area contributed by atoms with Gasteiger partial charge in [-0.25, -0.2) is 4.79 Å². The van der Waals surface area contributed by atoms with Gasteiger partial charge < -0.3 is 5.32 Å². The minimum atomic E-state index is -0.560. The molecule has 1 N–H and O–H groups in total. The molecule has 1 atom stereocenters. The lowest BCUT2D eigenvalue weighted by molar-refractivity contribution is -0.129. The topological polar surface area (TPSA) is 66.5 Å². The minimum absolute atomic E-state index is 0.107. The summed E-state index contributed by atoms with van der Waals surface area (Å²) in [6, 6.07) is 14.6. The van der Waals surface area contributed by atoms with Gasteiger partial charge in [-0.3, -0.25) is 14.5 Å². The molecule has 5 nitrogen and oxygen atoms in total. The fourth-order valence-electron chi connectivity index (χ4n) is 2.59. The second-order valence-corrected chi connectivity index (χ2v) is 5.96. The maximum atomic E-state index is 12.3. The molecule has 122 valence electrons. The van der Waals surface area contributed by atoms with Crippen molar-refractivity contribution in [1.82, 2.24) is 10.2 Å². The van der Waals surface area contributed by atoms with E-state index in [1.165, 1.54) is 0 Å². The molecule has 0 radical (unpaired) electrons. The fourth-order valence-corrected chi connectivity index (χ4v) is 2.72.